The monoisotopic (exact) mass is 180 g/mol. The molecule has 0 aromatic carbocycles. The van der Waals surface area contributed by atoms with Crippen LogP contribution in [0.15, 0.2) is 11.6 Å². The first-order valence-electron chi connectivity index (χ1n) is 4.85. The summed E-state index contributed by atoms with van der Waals surface area (Å²) in [6.45, 7) is 6.41. The fourth-order valence-electron chi connectivity index (χ4n) is 2.70. The highest BCUT2D eigenvalue weighted by atomic mass is 16.4. The average molecular weight is 180 g/mol. The summed E-state index contributed by atoms with van der Waals surface area (Å²) in [6, 6.07) is 0. The second kappa shape index (κ2) is 2.37. The molecule has 0 radical (unpaired) electrons. The zero-order valence-electron chi connectivity index (χ0n) is 8.37. The summed E-state index contributed by atoms with van der Waals surface area (Å²) < 4.78 is 0. The van der Waals surface area contributed by atoms with Gasteiger partial charge in [0, 0.05) is 0 Å². The highest BCUT2D eigenvalue weighted by Gasteiger charge is 2.59. The van der Waals surface area contributed by atoms with E-state index in [0.717, 1.165) is 12.0 Å². The Morgan fingerprint density at radius 3 is 2.77 bits per heavy atom. The number of allylic oxidation sites excluding steroid dienone is 1. The fourth-order valence-corrected chi connectivity index (χ4v) is 2.70. The Morgan fingerprint density at radius 1 is 1.62 bits per heavy atom. The Kier molecular flexibility index (Phi) is 1.60. The van der Waals surface area contributed by atoms with Gasteiger partial charge in [0.1, 0.15) is 0 Å². The van der Waals surface area contributed by atoms with Crippen LogP contribution in [0.1, 0.15) is 27.2 Å². The van der Waals surface area contributed by atoms with Crippen molar-refractivity contribution in [1.82, 2.24) is 0 Å². The second-order valence-corrected chi connectivity index (χ2v) is 4.99. The molecule has 1 N–H and O–H groups in total. The van der Waals surface area contributed by atoms with Gasteiger partial charge in [-0.1, -0.05) is 25.5 Å². The summed E-state index contributed by atoms with van der Waals surface area (Å²) in [5.41, 5.74) is 1.41. The molecule has 1 saturated carbocycles. The number of carboxylic acid groups (broad SMARTS) is 1. The molecule has 0 heterocycles. The molecule has 2 aliphatic rings. The molecule has 0 amide bonds. The summed E-state index contributed by atoms with van der Waals surface area (Å²) in [4.78, 5) is 10.9. The van der Waals surface area contributed by atoms with Crippen LogP contribution in [0.5, 0.6) is 0 Å². The molecule has 2 heteroatoms. The van der Waals surface area contributed by atoms with Gasteiger partial charge in [-0.15, -0.1) is 0 Å². The van der Waals surface area contributed by atoms with E-state index in [1.807, 2.05) is 6.92 Å². The molecule has 0 aromatic heterocycles. The molecule has 3 atom stereocenters. The van der Waals surface area contributed by atoms with Crippen LogP contribution < -0.4 is 0 Å². The molecule has 0 aromatic rings. The van der Waals surface area contributed by atoms with Gasteiger partial charge >= 0.3 is 5.97 Å². The number of carbonyl (C=O) groups is 1. The molecular weight excluding hydrogens is 164 g/mol. The molecular formula is C11H16O2. The van der Waals surface area contributed by atoms with Gasteiger partial charge in [-0.2, -0.15) is 0 Å². The summed E-state index contributed by atoms with van der Waals surface area (Å²) >= 11 is 0. The van der Waals surface area contributed by atoms with E-state index in [2.05, 4.69) is 19.9 Å². The largest absolute Gasteiger partial charge is 0.481 e. The average Bonchev–Trinajstić information content (AvgIpc) is 2.52. The zero-order chi connectivity index (χ0) is 9.80. The molecule has 1 fully saturated rings. The van der Waals surface area contributed by atoms with E-state index >= 15 is 0 Å². The Morgan fingerprint density at radius 2 is 2.23 bits per heavy atom. The molecule has 72 valence electrons. The van der Waals surface area contributed by atoms with Gasteiger partial charge in [0.15, 0.2) is 0 Å². The number of hydrogen-bond donors (Lipinski definition) is 1. The lowest BCUT2D eigenvalue weighted by molar-refractivity contribution is -0.140. The maximum atomic E-state index is 10.9. The minimum Gasteiger partial charge on any atom is -0.481 e. The van der Waals surface area contributed by atoms with E-state index in [-0.39, 0.29) is 5.92 Å². The SMILES string of the molecule is CC1=CC2C(CC1C(=O)O)C2(C)C. The number of aliphatic carboxylic acids is 1. The van der Waals surface area contributed by atoms with Crippen molar-refractivity contribution in [3.8, 4) is 0 Å². The lowest BCUT2D eigenvalue weighted by Crippen LogP contribution is -2.18. The predicted molar refractivity (Wildman–Crippen MR) is 50.3 cm³/mol. The van der Waals surface area contributed by atoms with E-state index < -0.39 is 5.97 Å². The van der Waals surface area contributed by atoms with Crippen LogP contribution in [-0.4, -0.2) is 11.1 Å². The third-order valence-corrected chi connectivity index (χ3v) is 3.92. The van der Waals surface area contributed by atoms with Crippen molar-refractivity contribution in [2.75, 3.05) is 0 Å². The topological polar surface area (TPSA) is 37.3 Å². The van der Waals surface area contributed by atoms with E-state index in [0.29, 0.717) is 17.3 Å². The van der Waals surface area contributed by atoms with E-state index in [1.54, 1.807) is 0 Å². The first-order chi connectivity index (χ1) is 5.94. The summed E-state index contributed by atoms with van der Waals surface area (Å²) in [5.74, 6) is 0.373. The number of fused-ring (bicyclic) bond motifs is 1. The van der Waals surface area contributed by atoms with Crippen LogP contribution in [0.25, 0.3) is 0 Å². The van der Waals surface area contributed by atoms with Gasteiger partial charge < -0.3 is 5.11 Å². The zero-order valence-corrected chi connectivity index (χ0v) is 8.37. The van der Waals surface area contributed by atoms with Gasteiger partial charge in [0.05, 0.1) is 5.92 Å². The highest BCUT2D eigenvalue weighted by Crippen LogP contribution is 2.64. The molecule has 2 nitrogen and oxygen atoms in total. The van der Waals surface area contributed by atoms with Crippen LogP contribution in [0.2, 0.25) is 0 Å². The third-order valence-electron chi connectivity index (χ3n) is 3.92. The van der Waals surface area contributed by atoms with Gasteiger partial charge in [-0.05, 0) is 30.6 Å². The minimum atomic E-state index is -0.657. The molecule has 2 rings (SSSR count). The van der Waals surface area contributed by atoms with Crippen molar-refractivity contribution in [2.45, 2.75) is 27.2 Å². The standard InChI is InChI=1S/C11H16O2/c1-6-4-8-9(11(8,2)3)5-7(6)10(12)13/h4,7-9H,5H2,1-3H3,(H,12,13). The van der Waals surface area contributed by atoms with Crippen LogP contribution in [0.4, 0.5) is 0 Å². The van der Waals surface area contributed by atoms with Crippen LogP contribution in [0.3, 0.4) is 0 Å². The van der Waals surface area contributed by atoms with Crippen molar-refractivity contribution in [3.63, 3.8) is 0 Å². The molecule has 13 heavy (non-hydrogen) atoms. The number of hydrogen-bond acceptors (Lipinski definition) is 1. The third kappa shape index (κ3) is 1.11. The van der Waals surface area contributed by atoms with E-state index in [4.69, 9.17) is 5.11 Å². The van der Waals surface area contributed by atoms with Gasteiger partial charge in [-0.3, -0.25) is 4.79 Å². The maximum Gasteiger partial charge on any atom is 0.310 e. The van der Waals surface area contributed by atoms with Crippen LogP contribution in [0, 0.1) is 23.2 Å². The van der Waals surface area contributed by atoms with Crippen molar-refractivity contribution >= 4 is 5.97 Å². The molecule has 0 bridgehead atoms. The predicted octanol–water partition coefficient (Wildman–Crippen LogP) is 2.31. The first kappa shape index (κ1) is 8.79. The van der Waals surface area contributed by atoms with Gasteiger partial charge in [0.25, 0.3) is 0 Å². The Hall–Kier alpha value is -0.790. The summed E-state index contributed by atoms with van der Waals surface area (Å²) in [5, 5.41) is 8.97. The summed E-state index contributed by atoms with van der Waals surface area (Å²) in [6.07, 6.45) is 3.02. The molecule has 3 unspecified atom stereocenters. The number of carboxylic acids is 1. The van der Waals surface area contributed by atoms with Crippen LogP contribution >= 0.6 is 0 Å². The lowest BCUT2D eigenvalue weighted by Gasteiger charge is -2.16. The van der Waals surface area contributed by atoms with Gasteiger partial charge in [0.2, 0.25) is 0 Å². The van der Waals surface area contributed by atoms with Crippen molar-refractivity contribution in [2.24, 2.45) is 23.2 Å². The lowest BCUT2D eigenvalue weighted by atomic mass is 9.89. The molecule has 0 saturated heterocycles. The summed E-state index contributed by atoms with van der Waals surface area (Å²) in [7, 11) is 0. The number of rotatable bonds is 1. The van der Waals surface area contributed by atoms with E-state index in [1.165, 1.54) is 0 Å². The minimum absolute atomic E-state index is 0.219. The highest BCUT2D eigenvalue weighted by molar-refractivity contribution is 5.74. The fraction of sp³-hybridized carbons (Fsp3) is 0.727. The molecule has 0 spiro atoms. The Balaban J connectivity index is 2.21. The quantitative estimate of drug-likeness (QED) is 0.629. The van der Waals surface area contributed by atoms with Crippen LogP contribution in [-0.2, 0) is 4.79 Å². The van der Waals surface area contributed by atoms with Crippen molar-refractivity contribution in [3.05, 3.63) is 11.6 Å². The van der Waals surface area contributed by atoms with Crippen molar-refractivity contribution in [1.29, 1.82) is 0 Å². The normalized spacial score (nSPS) is 40.5. The molecule has 2 aliphatic carbocycles. The Labute approximate surface area is 78.6 Å². The first-order valence-corrected chi connectivity index (χ1v) is 4.85. The molecule has 0 aliphatic heterocycles. The Bertz CT molecular complexity index is 288. The van der Waals surface area contributed by atoms with Gasteiger partial charge in [-0.25, -0.2) is 0 Å². The van der Waals surface area contributed by atoms with Crippen molar-refractivity contribution < 1.29 is 9.90 Å². The smallest absolute Gasteiger partial charge is 0.310 e. The maximum absolute atomic E-state index is 10.9. The van der Waals surface area contributed by atoms with E-state index in [9.17, 15) is 4.79 Å². The second-order valence-electron chi connectivity index (χ2n) is 4.99.